The van der Waals surface area contributed by atoms with Gasteiger partial charge in [0, 0.05) is 41.3 Å². The molecule has 0 bridgehead atoms. The van der Waals surface area contributed by atoms with E-state index in [9.17, 15) is 0 Å². The van der Waals surface area contributed by atoms with E-state index in [1.54, 1.807) is 0 Å². The van der Waals surface area contributed by atoms with E-state index in [0.29, 0.717) is 0 Å². The number of hydrogen-bond acceptors (Lipinski definition) is 1. The molecule has 2 nitrogen and oxygen atoms in total. The Morgan fingerprint density at radius 2 is 1.60 bits per heavy atom. The maximum Gasteiger partial charge on any atom is 0.0801 e. The monoisotopic (exact) mass is 258 g/mol. The maximum atomic E-state index is 4.63. The molecule has 0 spiro atoms. The van der Waals surface area contributed by atoms with Crippen LogP contribution in [0.1, 0.15) is 0 Å². The standard InChI is InChI=1S/C18H14N2/c1-20-12-16(15-8-4-5-9-17(15)20)18-14-7-3-2-6-13(14)10-11-19-18/h2-12H,1H3. The minimum Gasteiger partial charge on any atom is -0.350 e. The third-order valence-corrected chi connectivity index (χ3v) is 3.83. The molecular weight excluding hydrogens is 244 g/mol. The first-order chi connectivity index (χ1) is 9.84. The van der Waals surface area contributed by atoms with Gasteiger partial charge in [-0.2, -0.15) is 0 Å². The largest absolute Gasteiger partial charge is 0.350 e. The lowest BCUT2D eigenvalue weighted by atomic mass is 10.0. The van der Waals surface area contributed by atoms with Gasteiger partial charge in [-0.3, -0.25) is 4.98 Å². The number of rotatable bonds is 1. The van der Waals surface area contributed by atoms with Crippen molar-refractivity contribution in [3.8, 4) is 11.3 Å². The summed E-state index contributed by atoms with van der Waals surface area (Å²) in [5.41, 5.74) is 3.48. The second-order valence-electron chi connectivity index (χ2n) is 5.05. The van der Waals surface area contributed by atoms with Crippen LogP contribution in [0.2, 0.25) is 0 Å². The summed E-state index contributed by atoms with van der Waals surface area (Å²) in [7, 11) is 2.08. The van der Waals surface area contributed by atoms with Gasteiger partial charge in [-0.05, 0) is 17.5 Å². The van der Waals surface area contributed by atoms with E-state index in [0.717, 1.165) is 5.69 Å². The predicted molar refractivity (Wildman–Crippen MR) is 83.7 cm³/mol. The molecular formula is C18H14N2. The molecule has 0 unspecified atom stereocenters. The molecule has 0 N–H and O–H groups in total. The molecule has 0 saturated heterocycles. The van der Waals surface area contributed by atoms with E-state index in [1.165, 1.54) is 27.2 Å². The van der Waals surface area contributed by atoms with Crippen molar-refractivity contribution in [3.05, 3.63) is 67.0 Å². The highest BCUT2D eigenvalue weighted by Crippen LogP contribution is 2.32. The van der Waals surface area contributed by atoms with Crippen LogP contribution >= 0.6 is 0 Å². The van der Waals surface area contributed by atoms with Gasteiger partial charge in [0.25, 0.3) is 0 Å². The molecule has 0 fully saturated rings. The zero-order valence-corrected chi connectivity index (χ0v) is 11.2. The quantitative estimate of drug-likeness (QED) is 0.495. The SMILES string of the molecule is Cn1cc(-c2nccc3ccccc23)c2ccccc21. The molecule has 96 valence electrons. The van der Waals surface area contributed by atoms with Crippen LogP contribution in [-0.2, 0) is 7.05 Å². The first-order valence-corrected chi connectivity index (χ1v) is 6.73. The Morgan fingerprint density at radius 3 is 2.50 bits per heavy atom. The fourth-order valence-corrected chi connectivity index (χ4v) is 2.86. The van der Waals surface area contributed by atoms with Crippen LogP contribution in [0.5, 0.6) is 0 Å². The van der Waals surface area contributed by atoms with Crippen LogP contribution in [0.3, 0.4) is 0 Å². The molecule has 0 atom stereocenters. The third-order valence-electron chi connectivity index (χ3n) is 3.83. The average molecular weight is 258 g/mol. The number of aromatic nitrogens is 2. The summed E-state index contributed by atoms with van der Waals surface area (Å²) >= 11 is 0. The number of nitrogens with zero attached hydrogens (tertiary/aromatic N) is 2. The van der Waals surface area contributed by atoms with Crippen molar-refractivity contribution in [2.24, 2.45) is 7.05 Å². The van der Waals surface area contributed by atoms with Crippen molar-refractivity contribution >= 4 is 21.7 Å². The molecule has 2 aromatic heterocycles. The summed E-state index contributed by atoms with van der Waals surface area (Å²) in [5, 5.41) is 3.68. The van der Waals surface area contributed by atoms with Crippen LogP contribution in [0.15, 0.2) is 67.0 Å². The highest BCUT2D eigenvalue weighted by molar-refractivity contribution is 6.03. The van der Waals surface area contributed by atoms with Crippen molar-refractivity contribution in [3.63, 3.8) is 0 Å². The lowest BCUT2D eigenvalue weighted by molar-refractivity contribution is 0.969. The number of hydrogen-bond donors (Lipinski definition) is 0. The number of aryl methyl sites for hydroxylation is 1. The number of fused-ring (bicyclic) bond motifs is 2. The van der Waals surface area contributed by atoms with Gasteiger partial charge in [-0.15, -0.1) is 0 Å². The van der Waals surface area contributed by atoms with E-state index < -0.39 is 0 Å². The molecule has 0 aliphatic carbocycles. The lowest BCUT2D eigenvalue weighted by Gasteiger charge is -2.04. The zero-order valence-electron chi connectivity index (χ0n) is 11.2. The molecule has 2 heteroatoms. The molecule has 0 aliphatic heterocycles. The van der Waals surface area contributed by atoms with Gasteiger partial charge < -0.3 is 4.57 Å². The van der Waals surface area contributed by atoms with Crippen molar-refractivity contribution in [2.75, 3.05) is 0 Å². The maximum absolute atomic E-state index is 4.63. The molecule has 0 radical (unpaired) electrons. The van der Waals surface area contributed by atoms with Gasteiger partial charge in [-0.25, -0.2) is 0 Å². The Morgan fingerprint density at radius 1 is 0.850 bits per heavy atom. The summed E-state index contributed by atoms with van der Waals surface area (Å²) < 4.78 is 2.16. The van der Waals surface area contributed by atoms with Crippen molar-refractivity contribution in [1.29, 1.82) is 0 Å². The summed E-state index contributed by atoms with van der Waals surface area (Å²) in [4.78, 5) is 4.63. The Kier molecular flexibility index (Phi) is 2.36. The Balaban J connectivity index is 2.12. The zero-order chi connectivity index (χ0) is 13.5. The van der Waals surface area contributed by atoms with Gasteiger partial charge in [0.05, 0.1) is 5.69 Å². The van der Waals surface area contributed by atoms with Gasteiger partial charge in [0.15, 0.2) is 0 Å². The van der Waals surface area contributed by atoms with Crippen molar-refractivity contribution in [1.82, 2.24) is 9.55 Å². The molecule has 20 heavy (non-hydrogen) atoms. The molecule has 0 aliphatic rings. The van der Waals surface area contributed by atoms with Gasteiger partial charge in [-0.1, -0.05) is 42.5 Å². The normalized spacial score (nSPS) is 11.2. The molecule has 4 rings (SSSR count). The predicted octanol–water partition coefficient (Wildman–Crippen LogP) is 4.39. The summed E-state index contributed by atoms with van der Waals surface area (Å²) in [5.74, 6) is 0. The fraction of sp³-hybridized carbons (Fsp3) is 0.0556. The van der Waals surface area contributed by atoms with E-state index in [2.05, 4.69) is 77.4 Å². The first kappa shape index (κ1) is 11.2. The van der Waals surface area contributed by atoms with Crippen LogP contribution in [-0.4, -0.2) is 9.55 Å². The first-order valence-electron chi connectivity index (χ1n) is 6.73. The molecule has 4 aromatic rings. The smallest absolute Gasteiger partial charge is 0.0801 e. The van der Waals surface area contributed by atoms with Gasteiger partial charge in [0.1, 0.15) is 0 Å². The Bertz CT molecular complexity index is 914. The average Bonchev–Trinajstić information content (AvgIpc) is 2.84. The van der Waals surface area contributed by atoms with E-state index in [-0.39, 0.29) is 0 Å². The number of pyridine rings is 1. The number of benzene rings is 2. The topological polar surface area (TPSA) is 17.8 Å². The third kappa shape index (κ3) is 1.55. The van der Waals surface area contributed by atoms with Crippen LogP contribution in [0, 0.1) is 0 Å². The second kappa shape index (κ2) is 4.20. The minimum atomic E-state index is 1.06. The highest BCUT2D eigenvalue weighted by atomic mass is 14.9. The van der Waals surface area contributed by atoms with Crippen molar-refractivity contribution < 1.29 is 0 Å². The molecule has 0 saturated carbocycles. The Hall–Kier alpha value is -2.61. The molecule has 2 aromatic carbocycles. The van der Waals surface area contributed by atoms with Crippen LogP contribution < -0.4 is 0 Å². The fourth-order valence-electron chi connectivity index (χ4n) is 2.86. The summed E-state index contributed by atoms with van der Waals surface area (Å²) in [6.45, 7) is 0. The minimum absolute atomic E-state index is 1.06. The summed E-state index contributed by atoms with van der Waals surface area (Å²) in [6.07, 6.45) is 4.05. The second-order valence-corrected chi connectivity index (χ2v) is 5.05. The van der Waals surface area contributed by atoms with Crippen molar-refractivity contribution in [2.45, 2.75) is 0 Å². The highest BCUT2D eigenvalue weighted by Gasteiger charge is 2.11. The molecule has 2 heterocycles. The van der Waals surface area contributed by atoms with E-state index in [4.69, 9.17) is 0 Å². The lowest BCUT2D eigenvalue weighted by Crippen LogP contribution is -1.85. The van der Waals surface area contributed by atoms with E-state index in [1.807, 2.05) is 6.20 Å². The van der Waals surface area contributed by atoms with Gasteiger partial charge in [0.2, 0.25) is 0 Å². The van der Waals surface area contributed by atoms with Crippen LogP contribution in [0.4, 0.5) is 0 Å². The van der Waals surface area contributed by atoms with Gasteiger partial charge >= 0.3 is 0 Å². The van der Waals surface area contributed by atoms with Crippen LogP contribution in [0.25, 0.3) is 32.9 Å². The molecule has 0 amide bonds. The summed E-state index contributed by atoms with van der Waals surface area (Å²) in [6, 6.07) is 18.9. The number of para-hydroxylation sites is 1. The Labute approximate surface area is 117 Å². The van der Waals surface area contributed by atoms with E-state index >= 15 is 0 Å².